The number of carbonyl (C=O) groups excluding carboxylic acids is 2. The largest absolute Gasteiger partial charge is 0.389 e. The predicted molar refractivity (Wildman–Crippen MR) is 105 cm³/mol. The Hall–Kier alpha value is -2.66. The fraction of sp³-hybridized carbons (Fsp3) is 0.364. The molecule has 5 nitrogen and oxygen atoms in total. The molecule has 2 aromatic carbocycles. The maximum absolute atomic E-state index is 12.3. The van der Waals surface area contributed by atoms with Gasteiger partial charge in [-0.2, -0.15) is 0 Å². The number of hydrogen-bond acceptors (Lipinski definition) is 3. The lowest BCUT2D eigenvalue weighted by atomic mass is 10.0. The minimum atomic E-state index is -0.484. The van der Waals surface area contributed by atoms with E-state index in [1.165, 1.54) is 0 Å². The van der Waals surface area contributed by atoms with Crippen molar-refractivity contribution in [1.82, 2.24) is 10.2 Å². The quantitative estimate of drug-likeness (QED) is 0.825. The van der Waals surface area contributed by atoms with Crippen LogP contribution in [0.15, 0.2) is 48.5 Å². The van der Waals surface area contributed by atoms with Crippen LogP contribution in [0.4, 0.5) is 0 Å². The third kappa shape index (κ3) is 4.95. The highest BCUT2D eigenvalue weighted by atomic mass is 16.3. The van der Waals surface area contributed by atoms with Crippen molar-refractivity contribution in [3.63, 3.8) is 0 Å². The third-order valence-corrected chi connectivity index (χ3v) is 4.96. The van der Waals surface area contributed by atoms with Crippen molar-refractivity contribution >= 4 is 11.8 Å². The molecule has 1 saturated heterocycles. The lowest BCUT2D eigenvalue weighted by Gasteiger charge is -2.15. The van der Waals surface area contributed by atoms with Gasteiger partial charge in [0.1, 0.15) is 0 Å². The van der Waals surface area contributed by atoms with Crippen molar-refractivity contribution < 1.29 is 14.7 Å². The first kappa shape index (κ1) is 19.1. The van der Waals surface area contributed by atoms with Crippen LogP contribution in [0.25, 0.3) is 11.1 Å². The Balaban J connectivity index is 1.53. The molecule has 1 heterocycles. The Morgan fingerprint density at radius 3 is 2.11 bits per heavy atom. The maximum Gasteiger partial charge on any atom is 0.251 e. The van der Waals surface area contributed by atoms with E-state index in [0.29, 0.717) is 18.5 Å². The van der Waals surface area contributed by atoms with E-state index in [9.17, 15) is 14.7 Å². The number of amides is 2. The molecule has 142 valence electrons. The Kier molecular flexibility index (Phi) is 6.24. The number of aliphatic hydroxyl groups is 1. The van der Waals surface area contributed by atoms with Crippen LogP contribution in [-0.4, -0.2) is 41.5 Å². The number of likely N-dealkylation sites (tertiary alicyclic amines) is 1. The van der Waals surface area contributed by atoms with Crippen molar-refractivity contribution in [1.29, 1.82) is 0 Å². The minimum absolute atomic E-state index is 0.115. The van der Waals surface area contributed by atoms with Crippen molar-refractivity contribution in [2.45, 2.75) is 32.3 Å². The summed E-state index contributed by atoms with van der Waals surface area (Å²) in [6, 6.07) is 15.1. The van der Waals surface area contributed by atoms with E-state index >= 15 is 0 Å². The van der Waals surface area contributed by atoms with Gasteiger partial charge in [0.25, 0.3) is 5.91 Å². The van der Waals surface area contributed by atoms with E-state index in [1.807, 2.05) is 41.3 Å². The monoisotopic (exact) mass is 366 g/mol. The number of aliphatic hydroxyl groups excluding tert-OH is 1. The SMILES string of the molecule is C[C@@H](O)c1ccc(-c2ccc(C(=O)NCCC(=O)N3CCCC3)cc2)cc1. The fourth-order valence-corrected chi connectivity index (χ4v) is 3.28. The first-order valence-electron chi connectivity index (χ1n) is 9.49. The van der Waals surface area contributed by atoms with Gasteiger partial charge >= 0.3 is 0 Å². The van der Waals surface area contributed by atoms with Crippen molar-refractivity contribution in [3.8, 4) is 11.1 Å². The van der Waals surface area contributed by atoms with E-state index in [0.717, 1.165) is 42.6 Å². The Bertz CT molecular complexity index is 776. The molecule has 0 unspecified atom stereocenters. The highest BCUT2D eigenvalue weighted by Gasteiger charge is 2.17. The summed E-state index contributed by atoms with van der Waals surface area (Å²) < 4.78 is 0. The second-order valence-electron chi connectivity index (χ2n) is 6.97. The summed E-state index contributed by atoms with van der Waals surface area (Å²) >= 11 is 0. The van der Waals surface area contributed by atoms with Crippen LogP contribution in [0.5, 0.6) is 0 Å². The van der Waals surface area contributed by atoms with Gasteiger partial charge in [-0.15, -0.1) is 0 Å². The Morgan fingerprint density at radius 2 is 1.56 bits per heavy atom. The second-order valence-corrected chi connectivity index (χ2v) is 6.97. The molecule has 0 aliphatic carbocycles. The normalized spacial score (nSPS) is 14.8. The van der Waals surface area contributed by atoms with E-state index in [-0.39, 0.29) is 11.8 Å². The summed E-state index contributed by atoms with van der Waals surface area (Å²) in [4.78, 5) is 26.1. The molecule has 27 heavy (non-hydrogen) atoms. The molecular weight excluding hydrogens is 340 g/mol. The smallest absolute Gasteiger partial charge is 0.251 e. The first-order valence-corrected chi connectivity index (χ1v) is 9.49. The van der Waals surface area contributed by atoms with Gasteiger partial charge < -0.3 is 15.3 Å². The highest BCUT2D eigenvalue weighted by Crippen LogP contribution is 2.22. The molecule has 5 heteroatoms. The molecular formula is C22H26N2O3. The average molecular weight is 366 g/mol. The second kappa shape index (κ2) is 8.82. The van der Waals surface area contributed by atoms with Crippen LogP contribution in [-0.2, 0) is 4.79 Å². The van der Waals surface area contributed by atoms with E-state index < -0.39 is 6.10 Å². The van der Waals surface area contributed by atoms with E-state index in [1.54, 1.807) is 19.1 Å². The molecule has 1 atom stereocenters. The van der Waals surface area contributed by atoms with E-state index in [4.69, 9.17) is 0 Å². The van der Waals surface area contributed by atoms with Crippen LogP contribution in [0.3, 0.4) is 0 Å². The van der Waals surface area contributed by atoms with Crippen LogP contribution in [0, 0.1) is 0 Å². The fourth-order valence-electron chi connectivity index (χ4n) is 3.28. The van der Waals surface area contributed by atoms with Gasteiger partial charge in [-0.05, 0) is 48.6 Å². The standard InChI is InChI=1S/C22H26N2O3/c1-16(25)17-4-6-18(7-5-17)19-8-10-20(11-9-19)22(27)23-13-12-21(26)24-14-2-3-15-24/h4-11,16,25H,2-3,12-15H2,1H3,(H,23,27)/t16-/m1/s1. The number of nitrogens with one attached hydrogen (secondary N) is 1. The van der Waals surface area contributed by atoms with Gasteiger partial charge in [0, 0.05) is 31.6 Å². The molecule has 2 aromatic rings. The molecule has 1 aliphatic rings. The minimum Gasteiger partial charge on any atom is -0.389 e. The topological polar surface area (TPSA) is 69.6 Å². The van der Waals surface area contributed by atoms with Gasteiger partial charge in [0.05, 0.1) is 6.10 Å². The van der Waals surface area contributed by atoms with Crippen LogP contribution >= 0.6 is 0 Å². The lowest BCUT2D eigenvalue weighted by molar-refractivity contribution is -0.129. The maximum atomic E-state index is 12.3. The van der Waals surface area contributed by atoms with Crippen LogP contribution in [0.1, 0.15) is 48.2 Å². The predicted octanol–water partition coefficient (Wildman–Crippen LogP) is 3.15. The Morgan fingerprint density at radius 1 is 1.00 bits per heavy atom. The zero-order chi connectivity index (χ0) is 19.2. The zero-order valence-electron chi connectivity index (χ0n) is 15.6. The van der Waals surface area contributed by atoms with Crippen molar-refractivity contribution in [2.24, 2.45) is 0 Å². The number of rotatable bonds is 6. The van der Waals surface area contributed by atoms with Gasteiger partial charge in [-0.1, -0.05) is 36.4 Å². The molecule has 2 amide bonds. The van der Waals surface area contributed by atoms with Crippen LogP contribution in [0.2, 0.25) is 0 Å². The summed E-state index contributed by atoms with van der Waals surface area (Å²) in [6.07, 6.45) is 2.01. The zero-order valence-corrected chi connectivity index (χ0v) is 15.6. The number of hydrogen-bond donors (Lipinski definition) is 2. The van der Waals surface area contributed by atoms with Gasteiger partial charge in [0.15, 0.2) is 0 Å². The summed E-state index contributed by atoms with van der Waals surface area (Å²) in [5.41, 5.74) is 3.49. The van der Waals surface area contributed by atoms with Gasteiger partial charge in [-0.3, -0.25) is 9.59 Å². The Labute approximate surface area is 160 Å². The number of benzene rings is 2. The van der Waals surface area contributed by atoms with Crippen molar-refractivity contribution in [3.05, 3.63) is 59.7 Å². The molecule has 3 rings (SSSR count). The lowest BCUT2D eigenvalue weighted by Crippen LogP contribution is -2.32. The molecule has 2 N–H and O–H groups in total. The van der Waals surface area contributed by atoms with E-state index in [2.05, 4.69) is 5.32 Å². The first-order chi connectivity index (χ1) is 13.0. The number of carbonyl (C=O) groups is 2. The summed E-state index contributed by atoms with van der Waals surface area (Å²) in [5.74, 6) is -0.0518. The van der Waals surface area contributed by atoms with Crippen LogP contribution < -0.4 is 5.32 Å². The molecule has 1 aliphatic heterocycles. The molecule has 0 aromatic heterocycles. The summed E-state index contributed by atoms with van der Waals surface area (Å²) in [6.45, 7) is 3.77. The average Bonchev–Trinajstić information content (AvgIpc) is 3.23. The molecule has 0 saturated carbocycles. The van der Waals surface area contributed by atoms with Gasteiger partial charge in [0.2, 0.25) is 5.91 Å². The molecule has 0 spiro atoms. The molecule has 0 radical (unpaired) electrons. The summed E-state index contributed by atoms with van der Waals surface area (Å²) in [7, 11) is 0. The summed E-state index contributed by atoms with van der Waals surface area (Å²) in [5, 5.41) is 12.4. The third-order valence-electron chi connectivity index (χ3n) is 4.96. The van der Waals surface area contributed by atoms with Crippen molar-refractivity contribution in [2.75, 3.05) is 19.6 Å². The molecule has 1 fully saturated rings. The number of nitrogens with zero attached hydrogens (tertiary/aromatic N) is 1. The van der Waals surface area contributed by atoms with Gasteiger partial charge in [-0.25, -0.2) is 0 Å². The highest BCUT2D eigenvalue weighted by molar-refractivity contribution is 5.95. The molecule has 0 bridgehead atoms.